The Bertz CT molecular complexity index is 1060. The number of nitrogens with one attached hydrogen (secondary N) is 1. The first-order chi connectivity index (χ1) is 15.1. The van der Waals surface area contributed by atoms with Gasteiger partial charge in [-0.1, -0.05) is 6.07 Å². The molecule has 0 aromatic heterocycles. The number of allylic oxidation sites excluding steroid dienone is 2. The fraction of sp³-hybridized carbons (Fsp3) is 0.375. The van der Waals surface area contributed by atoms with Gasteiger partial charge in [0.25, 0.3) is 0 Å². The molecule has 0 bridgehead atoms. The Morgan fingerprint density at radius 2 is 1.45 bits per heavy atom. The fourth-order valence-electron chi connectivity index (χ4n) is 4.56. The minimum absolute atomic E-state index is 0.135. The van der Waals surface area contributed by atoms with Crippen LogP contribution in [0.5, 0.6) is 28.7 Å². The predicted octanol–water partition coefficient (Wildman–Crippen LogP) is 4.29. The van der Waals surface area contributed by atoms with Crippen LogP contribution in [0.4, 0.5) is 5.69 Å². The van der Waals surface area contributed by atoms with Gasteiger partial charge in [0, 0.05) is 40.9 Å². The molecule has 0 saturated heterocycles. The highest BCUT2D eigenvalue weighted by atomic mass is 16.5. The lowest BCUT2D eigenvalue weighted by Crippen LogP contribution is -2.27. The molecule has 0 amide bonds. The van der Waals surface area contributed by atoms with Crippen molar-refractivity contribution < 1.29 is 28.5 Å². The lowest BCUT2D eigenvalue weighted by atomic mass is 9.75. The van der Waals surface area contributed by atoms with Gasteiger partial charge in [-0.2, -0.15) is 0 Å². The maximum atomic E-state index is 13.1. The predicted molar refractivity (Wildman–Crippen MR) is 117 cm³/mol. The second kappa shape index (κ2) is 8.41. The van der Waals surface area contributed by atoms with Crippen LogP contribution < -0.4 is 29.0 Å². The van der Waals surface area contributed by atoms with Crippen molar-refractivity contribution in [2.45, 2.75) is 25.2 Å². The zero-order chi connectivity index (χ0) is 22.1. The van der Waals surface area contributed by atoms with Crippen molar-refractivity contribution in [3.05, 3.63) is 46.7 Å². The zero-order valence-electron chi connectivity index (χ0n) is 18.5. The largest absolute Gasteiger partial charge is 0.493 e. The number of hydrogen-bond acceptors (Lipinski definition) is 7. The van der Waals surface area contributed by atoms with Gasteiger partial charge in [-0.3, -0.25) is 4.79 Å². The van der Waals surface area contributed by atoms with E-state index in [1.807, 2.05) is 24.3 Å². The molecule has 1 N–H and O–H groups in total. The Morgan fingerprint density at radius 1 is 0.774 bits per heavy atom. The number of methoxy groups -OCH3 is 5. The first kappa shape index (κ1) is 20.9. The lowest BCUT2D eigenvalue weighted by Gasteiger charge is -2.35. The van der Waals surface area contributed by atoms with Crippen LogP contribution in [0.1, 0.15) is 36.3 Å². The van der Waals surface area contributed by atoms with E-state index in [1.165, 1.54) is 0 Å². The summed E-state index contributed by atoms with van der Waals surface area (Å²) in [4.78, 5) is 13.1. The third-order valence-electron chi connectivity index (χ3n) is 5.94. The molecule has 0 fully saturated rings. The van der Waals surface area contributed by atoms with Gasteiger partial charge in [0.15, 0.2) is 28.8 Å². The van der Waals surface area contributed by atoms with Gasteiger partial charge in [-0.15, -0.1) is 0 Å². The van der Waals surface area contributed by atoms with E-state index in [9.17, 15) is 4.79 Å². The van der Waals surface area contributed by atoms with E-state index in [0.29, 0.717) is 35.2 Å². The highest BCUT2D eigenvalue weighted by Gasteiger charge is 2.38. The van der Waals surface area contributed by atoms with Gasteiger partial charge < -0.3 is 29.0 Å². The molecule has 1 aliphatic heterocycles. The second-order valence-corrected chi connectivity index (χ2v) is 7.44. The maximum absolute atomic E-state index is 13.1. The number of Topliss-reactive ketones (excluding diaryl/α,β-unsaturated/α-hetero) is 1. The van der Waals surface area contributed by atoms with Crippen molar-refractivity contribution in [3.8, 4) is 28.7 Å². The molecular weight excluding hydrogens is 398 g/mol. The van der Waals surface area contributed by atoms with Gasteiger partial charge in [0.05, 0.1) is 35.5 Å². The molecule has 164 valence electrons. The molecular formula is C24H27NO6. The molecule has 0 spiro atoms. The maximum Gasteiger partial charge on any atom is 0.203 e. The number of anilines is 1. The molecule has 1 aliphatic carbocycles. The van der Waals surface area contributed by atoms with E-state index in [-0.39, 0.29) is 11.7 Å². The summed E-state index contributed by atoms with van der Waals surface area (Å²) in [6.07, 6.45) is 2.15. The third-order valence-corrected chi connectivity index (χ3v) is 5.94. The number of benzene rings is 2. The molecule has 2 aliphatic rings. The Kier molecular flexibility index (Phi) is 5.67. The summed E-state index contributed by atoms with van der Waals surface area (Å²) in [5, 5.41) is 3.47. The number of carbonyl (C=O) groups is 1. The summed E-state index contributed by atoms with van der Waals surface area (Å²) in [5.41, 5.74) is 4.33. The number of carbonyl (C=O) groups excluding carboxylic acids is 1. The quantitative estimate of drug-likeness (QED) is 0.740. The molecule has 31 heavy (non-hydrogen) atoms. The zero-order valence-corrected chi connectivity index (χ0v) is 18.5. The molecule has 4 rings (SSSR count). The molecule has 1 unspecified atom stereocenters. The molecule has 1 atom stereocenters. The summed E-state index contributed by atoms with van der Waals surface area (Å²) >= 11 is 0. The lowest BCUT2D eigenvalue weighted by molar-refractivity contribution is -0.116. The van der Waals surface area contributed by atoms with Gasteiger partial charge in [-0.25, -0.2) is 0 Å². The van der Waals surface area contributed by atoms with Crippen LogP contribution in [0.15, 0.2) is 35.5 Å². The van der Waals surface area contributed by atoms with Crippen molar-refractivity contribution in [3.63, 3.8) is 0 Å². The van der Waals surface area contributed by atoms with E-state index < -0.39 is 0 Å². The molecule has 2 aromatic rings. The van der Waals surface area contributed by atoms with Crippen molar-refractivity contribution in [2.24, 2.45) is 0 Å². The summed E-state index contributed by atoms with van der Waals surface area (Å²) in [7, 11) is 7.96. The summed E-state index contributed by atoms with van der Waals surface area (Å²) < 4.78 is 27.9. The molecule has 0 saturated carbocycles. The SMILES string of the molecule is COc1cc2c(cc1OC)C(c1ccc(OC)c(OC)c1OC)C1=C(CCCC1=O)N2. The van der Waals surface area contributed by atoms with Crippen LogP contribution in [0.3, 0.4) is 0 Å². The Morgan fingerprint density at radius 3 is 2.10 bits per heavy atom. The third kappa shape index (κ3) is 3.34. The second-order valence-electron chi connectivity index (χ2n) is 7.44. The number of ketones is 1. The summed E-state index contributed by atoms with van der Waals surface area (Å²) in [5.74, 6) is 2.62. The van der Waals surface area contributed by atoms with Gasteiger partial charge >= 0.3 is 0 Å². The molecule has 7 heteroatoms. The highest BCUT2D eigenvalue weighted by molar-refractivity contribution is 6.01. The van der Waals surface area contributed by atoms with Crippen molar-refractivity contribution in [2.75, 3.05) is 40.9 Å². The Balaban J connectivity index is 2.02. The molecule has 0 radical (unpaired) electrons. The van der Waals surface area contributed by atoms with E-state index in [2.05, 4.69) is 5.32 Å². The Labute approximate surface area is 181 Å². The smallest absolute Gasteiger partial charge is 0.203 e. The average molecular weight is 425 g/mol. The van der Waals surface area contributed by atoms with Gasteiger partial charge in [0.2, 0.25) is 5.75 Å². The first-order valence-electron chi connectivity index (χ1n) is 10.2. The van der Waals surface area contributed by atoms with E-state index in [1.54, 1.807) is 35.5 Å². The van der Waals surface area contributed by atoms with Crippen molar-refractivity contribution >= 4 is 11.5 Å². The average Bonchev–Trinajstić information content (AvgIpc) is 2.80. The van der Waals surface area contributed by atoms with Crippen LogP contribution in [-0.2, 0) is 4.79 Å². The molecule has 2 aromatic carbocycles. The topological polar surface area (TPSA) is 75.2 Å². The van der Waals surface area contributed by atoms with E-state index in [4.69, 9.17) is 23.7 Å². The summed E-state index contributed by atoms with van der Waals surface area (Å²) in [6.45, 7) is 0. The monoisotopic (exact) mass is 425 g/mol. The minimum atomic E-state index is -0.339. The number of hydrogen-bond donors (Lipinski definition) is 1. The summed E-state index contributed by atoms with van der Waals surface area (Å²) in [6, 6.07) is 7.61. The Hall–Kier alpha value is -3.35. The fourth-order valence-corrected chi connectivity index (χ4v) is 4.56. The van der Waals surface area contributed by atoms with Crippen LogP contribution in [0, 0.1) is 0 Å². The minimum Gasteiger partial charge on any atom is -0.493 e. The van der Waals surface area contributed by atoms with Crippen LogP contribution in [0.25, 0.3) is 0 Å². The molecule has 7 nitrogen and oxygen atoms in total. The van der Waals surface area contributed by atoms with Gasteiger partial charge in [0.1, 0.15) is 0 Å². The van der Waals surface area contributed by atoms with Crippen molar-refractivity contribution in [1.29, 1.82) is 0 Å². The number of fused-ring (bicyclic) bond motifs is 1. The van der Waals surface area contributed by atoms with E-state index >= 15 is 0 Å². The standard InChI is InChI=1S/C24H27NO6/c1-27-18-10-9-13(23(30-4)24(18)31-5)21-14-11-19(28-2)20(29-3)12-16(14)25-15-7-6-8-17(26)22(15)21/h9-12,21,25H,6-8H2,1-5H3. The molecule has 1 heterocycles. The first-order valence-corrected chi connectivity index (χ1v) is 10.2. The van der Waals surface area contributed by atoms with Crippen LogP contribution >= 0.6 is 0 Å². The van der Waals surface area contributed by atoms with Crippen LogP contribution in [-0.4, -0.2) is 41.3 Å². The normalized spacial score (nSPS) is 17.3. The van der Waals surface area contributed by atoms with Gasteiger partial charge in [-0.05, 0) is 30.5 Å². The van der Waals surface area contributed by atoms with Crippen molar-refractivity contribution in [1.82, 2.24) is 0 Å². The number of rotatable bonds is 6. The van der Waals surface area contributed by atoms with Crippen LogP contribution in [0.2, 0.25) is 0 Å². The highest BCUT2D eigenvalue weighted by Crippen LogP contribution is 2.53. The number of ether oxygens (including phenoxy) is 5. The van der Waals surface area contributed by atoms with E-state index in [0.717, 1.165) is 40.9 Å².